The normalized spacial score (nSPS) is 11.0. The minimum absolute atomic E-state index is 0.0190. The van der Waals surface area contributed by atoms with E-state index >= 15 is 0 Å². The number of nitrogen functional groups attached to an aromatic ring is 1. The van der Waals surface area contributed by atoms with Crippen LogP contribution < -0.4 is 15.2 Å². The molecule has 9 heteroatoms. The van der Waals surface area contributed by atoms with E-state index in [1.165, 1.54) is 24.4 Å². The molecule has 0 saturated heterocycles. The Morgan fingerprint density at radius 1 is 1.10 bits per heavy atom. The third-order valence-corrected chi connectivity index (χ3v) is 2.25. The first-order chi connectivity index (χ1) is 9.85. The van der Waals surface area contributed by atoms with Crippen molar-refractivity contribution in [2.75, 3.05) is 0 Å². The zero-order valence-corrected chi connectivity index (χ0v) is 10.4. The van der Waals surface area contributed by atoms with Gasteiger partial charge in [0, 0.05) is 0 Å². The van der Waals surface area contributed by atoms with Gasteiger partial charge >= 0.3 is 6.36 Å². The second kappa shape index (κ2) is 5.65. The van der Waals surface area contributed by atoms with Crippen LogP contribution in [0, 0.1) is 5.41 Å². The van der Waals surface area contributed by atoms with Crippen LogP contribution in [0.4, 0.5) is 13.2 Å². The third kappa shape index (κ3) is 4.06. The Hall–Kier alpha value is -2.84. The van der Waals surface area contributed by atoms with Crippen LogP contribution in [0.15, 0.2) is 36.5 Å². The predicted octanol–water partition coefficient (Wildman–Crippen LogP) is 2.45. The lowest BCUT2D eigenvalue weighted by molar-refractivity contribution is -0.274. The van der Waals surface area contributed by atoms with Crippen molar-refractivity contribution in [3.8, 4) is 17.4 Å². The predicted molar refractivity (Wildman–Crippen MR) is 66.2 cm³/mol. The Morgan fingerprint density at radius 2 is 1.71 bits per heavy atom. The minimum atomic E-state index is -4.75. The number of nitrogens with zero attached hydrogens (tertiary/aromatic N) is 2. The molecule has 0 amide bonds. The Kier molecular flexibility index (Phi) is 3.92. The van der Waals surface area contributed by atoms with Crippen molar-refractivity contribution in [3.05, 3.63) is 42.1 Å². The molecule has 1 aromatic carbocycles. The molecular weight excluding hydrogens is 289 g/mol. The number of aromatic nitrogens is 2. The number of nitrogens with two attached hydrogens (primary N) is 1. The molecule has 6 nitrogen and oxygen atoms in total. The van der Waals surface area contributed by atoms with Crippen molar-refractivity contribution in [2.24, 2.45) is 5.73 Å². The molecule has 1 heterocycles. The molecule has 110 valence electrons. The van der Waals surface area contributed by atoms with Gasteiger partial charge in [0.05, 0.1) is 11.8 Å². The van der Waals surface area contributed by atoms with E-state index in [-0.39, 0.29) is 28.8 Å². The largest absolute Gasteiger partial charge is 0.573 e. The van der Waals surface area contributed by atoms with E-state index in [1.54, 1.807) is 0 Å². The Balaban J connectivity index is 2.16. The zero-order chi connectivity index (χ0) is 15.5. The van der Waals surface area contributed by atoms with Crippen LogP contribution in [0.5, 0.6) is 17.4 Å². The van der Waals surface area contributed by atoms with Gasteiger partial charge in [-0.25, -0.2) is 0 Å². The van der Waals surface area contributed by atoms with Gasteiger partial charge in [-0.2, -0.15) is 5.10 Å². The topological polar surface area (TPSA) is 94.1 Å². The van der Waals surface area contributed by atoms with Gasteiger partial charge in [-0.3, -0.25) is 5.41 Å². The molecule has 0 saturated carbocycles. The molecule has 0 spiro atoms. The lowest BCUT2D eigenvalue weighted by Crippen LogP contribution is -2.17. The summed E-state index contributed by atoms with van der Waals surface area (Å²) in [6.45, 7) is 0. The summed E-state index contributed by atoms with van der Waals surface area (Å²) in [5.41, 5.74) is 5.58. The average Bonchev–Trinajstić information content (AvgIpc) is 2.40. The molecule has 2 rings (SSSR count). The Bertz CT molecular complexity index is 644. The van der Waals surface area contributed by atoms with Crippen LogP contribution in [0.2, 0.25) is 0 Å². The van der Waals surface area contributed by atoms with Gasteiger partial charge in [-0.05, 0) is 30.3 Å². The fourth-order valence-electron chi connectivity index (χ4n) is 1.42. The van der Waals surface area contributed by atoms with Crippen LogP contribution in [0.1, 0.15) is 5.56 Å². The summed E-state index contributed by atoms with van der Waals surface area (Å²) in [6, 6.07) is 6.14. The third-order valence-electron chi connectivity index (χ3n) is 2.25. The maximum atomic E-state index is 12.0. The van der Waals surface area contributed by atoms with E-state index in [4.69, 9.17) is 15.9 Å². The summed E-state index contributed by atoms with van der Waals surface area (Å²) in [4.78, 5) is 0. The van der Waals surface area contributed by atoms with E-state index < -0.39 is 6.36 Å². The standard InChI is InChI=1S/C12H9F3N4O2/c13-12(14,15)21-8-3-1-7(2-4-8)20-11-9(10(16)17)5-6-18-19-11/h1-6H,(H3,16,17). The van der Waals surface area contributed by atoms with Crippen molar-refractivity contribution in [2.45, 2.75) is 6.36 Å². The van der Waals surface area contributed by atoms with Crippen molar-refractivity contribution in [1.82, 2.24) is 10.2 Å². The molecule has 21 heavy (non-hydrogen) atoms. The SMILES string of the molecule is N=C(N)c1ccnnc1Oc1ccc(OC(F)(F)F)cc1. The lowest BCUT2D eigenvalue weighted by Gasteiger charge is -2.10. The molecule has 0 aliphatic heterocycles. The number of alkyl halides is 3. The lowest BCUT2D eigenvalue weighted by atomic mass is 10.3. The molecule has 0 bridgehead atoms. The Labute approximate surface area is 116 Å². The fourth-order valence-corrected chi connectivity index (χ4v) is 1.42. The number of hydrogen-bond donors (Lipinski definition) is 2. The van der Waals surface area contributed by atoms with Crippen molar-refractivity contribution in [3.63, 3.8) is 0 Å². The summed E-state index contributed by atoms with van der Waals surface area (Å²) in [6.07, 6.45) is -3.42. The second-order valence-corrected chi connectivity index (χ2v) is 3.78. The quantitative estimate of drug-likeness (QED) is 0.668. The molecule has 2 aromatic rings. The van der Waals surface area contributed by atoms with Gasteiger partial charge in [0.2, 0.25) is 5.88 Å². The maximum absolute atomic E-state index is 12.0. The summed E-state index contributed by atoms with van der Waals surface area (Å²) < 4.78 is 45.1. The molecule has 0 radical (unpaired) electrons. The minimum Gasteiger partial charge on any atom is -0.437 e. The van der Waals surface area contributed by atoms with E-state index in [0.717, 1.165) is 12.1 Å². The van der Waals surface area contributed by atoms with Crippen LogP contribution in [-0.2, 0) is 0 Å². The first-order valence-electron chi connectivity index (χ1n) is 5.55. The smallest absolute Gasteiger partial charge is 0.437 e. The number of hydrogen-bond acceptors (Lipinski definition) is 5. The van der Waals surface area contributed by atoms with E-state index in [9.17, 15) is 13.2 Å². The molecule has 3 N–H and O–H groups in total. The van der Waals surface area contributed by atoms with Gasteiger partial charge < -0.3 is 15.2 Å². The summed E-state index contributed by atoms with van der Waals surface area (Å²) in [5, 5.41) is 14.6. The van der Waals surface area contributed by atoms with Crippen molar-refractivity contribution in [1.29, 1.82) is 5.41 Å². The van der Waals surface area contributed by atoms with E-state index in [1.807, 2.05) is 0 Å². The summed E-state index contributed by atoms with van der Waals surface area (Å²) in [5.74, 6) is -0.459. The highest BCUT2D eigenvalue weighted by molar-refractivity contribution is 5.96. The van der Waals surface area contributed by atoms with Gasteiger partial charge in [0.15, 0.2) is 0 Å². The van der Waals surface area contributed by atoms with Gasteiger partial charge in [-0.1, -0.05) is 0 Å². The van der Waals surface area contributed by atoms with Crippen molar-refractivity contribution < 1.29 is 22.6 Å². The monoisotopic (exact) mass is 298 g/mol. The first kappa shape index (κ1) is 14.6. The number of benzene rings is 1. The highest BCUT2D eigenvalue weighted by atomic mass is 19.4. The van der Waals surface area contributed by atoms with E-state index in [2.05, 4.69) is 14.9 Å². The number of nitrogens with one attached hydrogen (secondary N) is 1. The second-order valence-electron chi connectivity index (χ2n) is 3.78. The van der Waals surface area contributed by atoms with Crippen LogP contribution >= 0.6 is 0 Å². The van der Waals surface area contributed by atoms with Crippen LogP contribution in [0.25, 0.3) is 0 Å². The average molecular weight is 298 g/mol. The Morgan fingerprint density at radius 3 is 2.29 bits per heavy atom. The molecule has 0 aliphatic carbocycles. The van der Waals surface area contributed by atoms with Gasteiger partial charge in [0.1, 0.15) is 17.3 Å². The summed E-state index contributed by atoms with van der Waals surface area (Å²) in [7, 11) is 0. The first-order valence-corrected chi connectivity index (χ1v) is 5.55. The summed E-state index contributed by atoms with van der Waals surface area (Å²) >= 11 is 0. The molecular formula is C12H9F3N4O2. The van der Waals surface area contributed by atoms with Crippen LogP contribution in [0.3, 0.4) is 0 Å². The molecule has 0 atom stereocenters. The van der Waals surface area contributed by atoms with Crippen LogP contribution in [-0.4, -0.2) is 22.4 Å². The van der Waals surface area contributed by atoms with Gasteiger partial charge in [-0.15, -0.1) is 18.3 Å². The van der Waals surface area contributed by atoms with E-state index in [0.29, 0.717) is 0 Å². The molecule has 1 aromatic heterocycles. The van der Waals surface area contributed by atoms with Crippen molar-refractivity contribution >= 4 is 5.84 Å². The molecule has 0 unspecified atom stereocenters. The number of halogens is 3. The highest BCUT2D eigenvalue weighted by Gasteiger charge is 2.31. The number of rotatable bonds is 4. The molecule has 0 fully saturated rings. The number of ether oxygens (including phenoxy) is 2. The zero-order valence-electron chi connectivity index (χ0n) is 10.4. The molecule has 0 aliphatic rings. The highest BCUT2D eigenvalue weighted by Crippen LogP contribution is 2.27. The maximum Gasteiger partial charge on any atom is 0.573 e. The fraction of sp³-hybridized carbons (Fsp3) is 0.0833. The van der Waals surface area contributed by atoms with Gasteiger partial charge in [0.25, 0.3) is 0 Å². The number of amidine groups is 1.